The molecule has 1 aliphatic rings. The zero-order valence-corrected chi connectivity index (χ0v) is 17.6. The predicted molar refractivity (Wildman–Crippen MR) is 109 cm³/mol. The van der Waals surface area contributed by atoms with Crippen molar-refractivity contribution in [3.63, 3.8) is 0 Å². The summed E-state index contributed by atoms with van der Waals surface area (Å²) in [5, 5.41) is 2.76. The highest BCUT2D eigenvalue weighted by atomic mass is 32.1. The van der Waals surface area contributed by atoms with Crippen molar-refractivity contribution in [3.8, 4) is 5.75 Å². The van der Waals surface area contributed by atoms with E-state index in [0.29, 0.717) is 17.0 Å². The second-order valence-corrected chi connectivity index (χ2v) is 7.46. The third-order valence-electron chi connectivity index (χ3n) is 4.54. The number of carbonyl (C=O) groups excluding carboxylic acids is 4. The van der Waals surface area contributed by atoms with Crippen molar-refractivity contribution in [1.29, 1.82) is 0 Å². The minimum atomic E-state index is -0.742. The molecular formula is C20H20N2O7S. The van der Waals surface area contributed by atoms with Crippen molar-refractivity contribution in [2.24, 2.45) is 0 Å². The number of fused-ring (bicyclic) bond motifs is 1. The van der Waals surface area contributed by atoms with Crippen molar-refractivity contribution >= 4 is 45.8 Å². The highest BCUT2D eigenvalue weighted by Gasteiger charge is 2.33. The fourth-order valence-corrected chi connectivity index (χ4v) is 4.20. The molecule has 10 heteroatoms. The van der Waals surface area contributed by atoms with E-state index in [2.05, 4.69) is 5.32 Å². The van der Waals surface area contributed by atoms with E-state index in [9.17, 15) is 19.2 Å². The van der Waals surface area contributed by atoms with Crippen LogP contribution in [0.4, 0.5) is 10.7 Å². The van der Waals surface area contributed by atoms with Crippen LogP contribution in [-0.4, -0.2) is 50.6 Å². The molecule has 1 aliphatic heterocycles. The average Bonchev–Trinajstić information content (AvgIpc) is 3.05. The van der Waals surface area contributed by atoms with Crippen LogP contribution < -0.4 is 15.0 Å². The lowest BCUT2D eigenvalue weighted by Gasteiger charge is -2.32. The van der Waals surface area contributed by atoms with Crippen molar-refractivity contribution in [3.05, 3.63) is 40.3 Å². The van der Waals surface area contributed by atoms with E-state index >= 15 is 0 Å². The summed E-state index contributed by atoms with van der Waals surface area (Å²) in [7, 11) is 2.42. The Balaban J connectivity index is 1.89. The normalized spacial score (nSPS) is 15.1. The van der Waals surface area contributed by atoms with Gasteiger partial charge >= 0.3 is 11.9 Å². The maximum atomic E-state index is 12.8. The van der Waals surface area contributed by atoms with Crippen LogP contribution >= 0.6 is 11.3 Å². The number of nitrogens with one attached hydrogen (secondary N) is 1. The van der Waals surface area contributed by atoms with Gasteiger partial charge in [-0.05, 0) is 31.5 Å². The monoisotopic (exact) mass is 432 g/mol. The summed E-state index contributed by atoms with van der Waals surface area (Å²) < 4.78 is 15.1. The Bertz CT molecular complexity index is 1030. The molecule has 2 aromatic rings. The molecule has 0 spiro atoms. The highest BCUT2D eigenvalue weighted by Crippen LogP contribution is 2.35. The van der Waals surface area contributed by atoms with Crippen molar-refractivity contribution in [1.82, 2.24) is 0 Å². The first kappa shape index (κ1) is 21.3. The Kier molecular flexibility index (Phi) is 6.06. The van der Waals surface area contributed by atoms with E-state index in [-0.39, 0.29) is 27.9 Å². The molecule has 0 radical (unpaired) electrons. The van der Waals surface area contributed by atoms with Gasteiger partial charge in [0, 0.05) is 0 Å². The van der Waals surface area contributed by atoms with Crippen LogP contribution in [0.15, 0.2) is 24.3 Å². The Labute approximate surface area is 176 Å². The zero-order valence-electron chi connectivity index (χ0n) is 16.8. The highest BCUT2D eigenvalue weighted by molar-refractivity contribution is 7.18. The number of rotatable bonds is 5. The predicted octanol–water partition coefficient (Wildman–Crippen LogP) is 2.38. The summed E-state index contributed by atoms with van der Waals surface area (Å²) in [5.41, 5.74) is 0.885. The van der Waals surface area contributed by atoms with Crippen molar-refractivity contribution in [2.45, 2.75) is 20.0 Å². The molecule has 158 valence electrons. The van der Waals surface area contributed by atoms with Crippen LogP contribution in [0.2, 0.25) is 0 Å². The average molecular weight is 432 g/mol. The van der Waals surface area contributed by atoms with E-state index in [1.165, 1.54) is 19.1 Å². The number of esters is 2. The smallest absolute Gasteiger partial charge is 0.348 e. The lowest BCUT2D eigenvalue weighted by atomic mass is 10.1. The van der Waals surface area contributed by atoms with Crippen LogP contribution in [0.3, 0.4) is 0 Å². The SMILES string of the molecule is COC(=O)c1sc(NC(=O)CN2C(=O)C(C)Oc3ccccc32)c(C(=O)OC)c1C. The molecule has 2 heterocycles. The minimum absolute atomic E-state index is 0.0679. The van der Waals surface area contributed by atoms with Crippen molar-refractivity contribution < 1.29 is 33.4 Å². The molecular weight excluding hydrogens is 412 g/mol. The zero-order chi connectivity index (χ0) is 22.0. The van der Waals surface area contributed by atoms with Gasteiger partial charge in [-0.25, -0.2) is 9.59 Å². The summed E-state index contributed by atoms with van der Waals surface area (Å²) in [4.78, 5) is 51.0. The molecule has 1 N–H and O–H groups in total. The number of amides is 2. The molecule has 1 unspecified atom stereocenters. The molecule has 30 heavy (non-hydrogen) atoms. The molecule has 0 saturated heterocycles. The number of carbonyl (C=O) groups is 4. The molecule has 1 aromatic heterocycles. The van der Waals surface area contributed by atoms with Gasteiger partial charge in [-0.2, -0.15) is 0 Å². The fraction of sp³-hybridized carbons (Fsp3) is 0.300. The largest absolute Gasteiger partial charge is 0.479 e. The summed E-state index contributed by atoms with van der Waals surface area (Å²) in [6, 6.07) is 6.89. The van der Waals surface area contributed by atoms with Crippen LogP contribution in [0, 0.1) is 6.92 Å². The summed E-state index contributed by atoms with van der Waals surface area (Å²) >= 11 is 0.904. The van der Waals surface area contributed by atoms with Crippen LogP contribution in [0.1, 0.15) is 32.5 Å². The van der Waals surface area contributed by atoms with Gasteiger partial charge in [-0.1, -0.05) is 12.1 Å². The number of para-hydroxylation sites is 2. The standard InChI is InChI=1S/C20H20N2O7S/c1-10-15(19(25)27-3)17(30-16(10)20(26)28-4)21-14(23)9-22-12-7-5-6-8-13(12)29-11(2)18(22)24/h5-8,11H,9H2,1-4H3,(H,21,23). The first-order valence-corrected chi connectivity index (χ1v) is 9.77. The maximum Gasteiger partial charge on any atom is 0.348 e. The van der Waals surface area contributed by atoms with E-state index in [0.717, 1.165) is 11.3 Å². The molecule has 1 aromatic carbocycles. The van der Waals surface area contributed by atoms with Crippen LogP contribution in [0.25, 0.3) is 0 Å². The van der Waals surface area contributed by atoms with E-state index in [4.69, 9.17) is 14.2 Å². The van der Waals surface area contributed by atoms with Crippen LogP contribution in [0.5, 0.6) is 5.75 Å². The van der Waals surface area contributed by atoms with E-state index in [1.807, 2.05) is 0 Å². The second-order valence-electron chi connectivity index (χ2n) is 6.44. The summed E-state index contributed by atoms with van der Waals surface area (Å²) in [6.07, 6.45) is -0.742. The van der Waals surface area contributed by atoms with Crippen molar-refractivity contribution in [2.75, 3.05) is 31.0 Å². The van der Waals surface area contributed by atoms with Gasteiger partial charge in [-0.3, -0.25) is 14.5 Å². The Morgan fingerprint density at radius 2 is 1.83 bits per heavy atom. The molecule has 3 rings (SSSR count). The first-order chi connectivity index (χ1) is 14.3. The molecule has 0 bridgehead atoms. The lowest BCUT2D eigenvalue weighted by Crippen LogP contribution is -2.47. The molecule has 0 saturated carbocycles. The fourth-order valence-electron chi connectivity index (χ4n) is 3.07. The Morgan fingerprint density at radius 1 is 1.17 bits per heavy atom. The van der Waals surface area contributed by atoms with E-state index < -0.39 is 23.9 Å². The van der Waals surface area contributed by atoms with E-state index in [1.54, 1.807) is 38.1 Å². The van der Waals surface area contributed by atoms with Gasteiger partial charge in [0.1, 0.15) is 22.2 Å². The molecule has 0 fully saturated rings. The Morgan fingerprint density at radius 3 is 2.50 bits per heavy atom. The molecule has 9 nitrogen and oxygen atoms in total. The van der Waals surface area contributed by atoms with Crippen LogP contribution in [-0.2, 0) is 19.1 Å². The number of nitrogens with zero attached hydrogens (tertiary/aromatic N) is 1. The number of anilines is 2. The van der Waals surface area contributed by atoms with Gasteiger partial charge in [0.25, 0.3) is 5.91 Å². The summed E-state index contributed by atoms with van der Waals surface area (Å²) in [6.45, 7) is 2.87. The number of methoxy groups -OCH3 is 2. The van der Waals surface area contributed by atoms with Gasteiger partial charge in [0.15, 0.2) is 6.10 Å². The maximum absolute atomic E-state index is 12.8. The van der Waals surface area contributed by atoms with Gasteiger partial charge in [0.05, 0.1) is 25.5 Å². The second kappa shape index (κ2) is 8.54. The minimum Gasteiger partial charge on any atom is -0.479 e. The third kappa shape index (κ3) is 3.86. The van der Waals surface area contributed by atoms with Gasteiger partial charge in [0.2, 0.25) is 5.91 Å². The molecule has 0 aliphatic carbocycles. The quantitative estimate of drug-likeness (QED) is 0.722. The lowest BCUT2D eigenvalue weighted by molar-refractivity contribution is -0.127. The van der Waals surface area contributed by atoms with Gasteiger partial charge in [-0.15, -0.1) is 11.3 Å². The molecule has 2 amide bonds. The number of hydrogen-bond acceptors (Lipinski definition) is 8. The Hall–Kier alpha value is -3.40. The first-order valence-electron chi connectivity index (χ1n) is 8.95. The molecule has 1 atom stereocenters. The number of thiophene rings is 1. The number of hydrogen-bond donors (Lipinski definition) is 1. The number of benzene rings is 1. The topological polar surface area (TPSA) is 111 Å². The third-order valence-corrected chi connectivity index (χ3v) is 5.72. The van der Waals surface area contributed by atoms with Gasteiger partial charge < -0.3 is 19.5 Å². The summed E-state index contributed by atoms with van der Waals surface area (Å²) in [5.74, 6) is -1.75. The number of ether oxygens (including phenoxy) is 3.